The van der Waals surface area contributed by atoms with Crippen LogP contribution in [0.5, 0.6) is 0 Å². The van der Waals surface area contributed by atoms with Crippen LogP contribution in [0.4, 0.5) is 0 Å². The summed E-state index contributed by atoms with van der Waals surface area (Å²) >= 11 is 1.95. The Labute approximate surface area is 284 Å². The molecule has 48 heavy (non-hydrogen) atoms. The summed E-state index contributed by atoms with van der Waals surface area (Å²) in [7, 11) is 0. The van der Waals surface area contributed by atoms with Gasteiger partial charge < -0.3 is 0 Å². The van der Waals surface area contributed by atoms with Gasteiger partial charge in [-0.05, 0) is 88.5 Å². The monoisotopic (exact) mass is 628 g/mol. The topological polar surface area (TPSA) is 0 Å². The van der Waals surface area contributed by atoms with Crippen LogP contribution in [0, 0.1) is 0 Å². The number of hydrogen-bond acceptors (Lipinski definition) is 1. The lowest BCUT2D eigenvalue weighted by Gasteiger charge is -2.23. The molecule has 0 saturated carbocycles. The number of fused-ring (bicyclic) bond motifs is 8. The van der Waals surface area contributed by atoms with Crippen LogP contribution in [0.2, 0.25) is 0 Å². The highest BCUT2D eigenvalue weighted by Crippen LogP contribution is 2.58. The molecule has 1 heteroatoms. The maximum absolute atomic E-state index is 2.41. The van der Waals surface area contributed by atoms with Crippen LogP contribution in [0.3, 0.4) is 0 Å². The van der Waals surface area contributed by atoms with Gasteiger partial charge in [0.1, 0.15) is 0 Å². The standard InChI is InChI=1S/C47H32S/c1-47(2)40-27-11-10-21-38(40)46-45(47)44-39(26-14-28-41(44)48-46)43-36-19-8-6-17-34(36)42(35-18-7-9-20-37(35)43)33-25-13-23-31-30(22-12-24-32(31)33)29-15-4-3-5-16-29/h3-28H,1-2H3. The molecule has 0 nitrogen and oxygen atoms in total. The smallest absolute Gasteiger partial charge is 0.0399 e. The van der Waals surface area contributed by atoms with E-state index >= 15 is 0 Å². The minimum absolute atomic E-state index is 0.0781. The van der Waals surface area contributed by atoms with Crippen molar-refractivity contribution in [2.45, 2.75) is 19.3 Å². The number of benzene rings is 8. The van der Waals surface area contributed by atoms with E-state index in [9.17, 15) is 0 Å². The largest absolute Gasteiger partial charge is 0.135 e. The lowest BCUT2D eigenvalue weighted by molar-refractivity contribution is 0.667. The summed E-state index contributed by atoms with van der Waals surface area (Å²) in [5.41, 5.74) is 12.0. The molecule has 10 rings (SSSR count). The molecular formula is C47H32S. The quantitative estimate of drug-likeness (QED) is 0.171. The highest BCUT2D eigenvalue weighted by Gasteiger charge is 2.39. The third kappa shape index (κ3) is 3.77. The molecule has 0 amide bonds. The highest BCUT2D eigenvalue weighted by molar-refractivity contribution is 7.22. The normalized spacial score (nSPS) is 13.4. The summed E-state index contributed by atoms with van der Waals surface area (Å²) in [5, 5.41) is 9.12. The van der Waals surface area contributed by atoms with E-state index in [0.29, 0.717) is 0 Å². The van der Waals surface area contributed by atoms with Crippen molar-refractivity contribution in [3.05, 3.63) is 169 Å². The van der Waals surface area contributed by atoms with Gasteiger partial charge in [-0.15, -0.1) is 11.3 Å². The zero-order valence-electron chi connectivity index (χ0n) is 26.9. The van der Waals surface area contributed by atoms with Gasteiger partial charge >= 0.3 is 0 Å². The Hall–Kier alpha value is -5.50. The molecule has 1 aromatic heterocycles. The Morgan fingerprint density at radius 3 is 1.56 bits per heavy atom. The lowest BCUT2D eigenvalue weighted by Crippen LogP contribution is -2.15. The Bertz CT molecular complexity index is 2690. The molecule has 1 heterocycles. The minimum atomic E-state index is -0.0781. The fourth-order valence-electron chi connectivity index (χ4n) is 8.61. The van der Waals surface area contributed by atoms with Crippen LogP contribution >= 0.6 is 11.3 Å². The maximum atomic E-state index is 2.41. The van der Waals surface area contributed by atoms with E-state index in [2.05, 4.69) is 172 Å². The molecule has 0 radical (unpaired) electrons. The van der Waals surface area contributed by atoms with E-state index in [-0.39, 0.29) is 5.41 Å². The highest BCUT2D eigenvalue weighted by atomic mass is 32.1. The molecule has 0 saturated heterocycles. The molecule has 8 aromatic carbocycles. The first-order valence-corrected chi connectivity index (χ1v) is 17.6. The zero-order chi connectivity index (χ0) is 32.0. The number of rotatable bonds is 3. The van der Waals surface area contributed by atoms with Crippen molar-refractivity contribution in [2.75, 3.05) is 0 Å². The Kier molecular flexibility index (Phi) is 5.89. The second-order valence-electron chi connectivity index (χ2n) is 13.6. The molecule has 0 aliphatic heterocycles. The summed E-state index contributed by atoms with van der Waals surface area (Å²) in [4.78, 5) is 1.42. The van der Waals surface area contributed by atoms with Crippen LogP contribution in [0.1, 0.15) is 25.0 Å². The molecule has 0 fully saturated rings. The van der Waals surface area contributed by atoms with Gasteiger partial charge in [-0.2, -0.15) is 0 Å². The average molecular weight is 629 g/mol. The summed E-state index contributed by atoms with van der Waals surface area (Å²) in [5.74, 6) is 0. The first-order chi connectivity index (χ1) is 23.6. The second-order valence-corrected chi connectivity index (χ2v) is 14.6. The van der Waals surface area contributed by atoms with E-state index in [0.717, 1.165) is 0 Å². The minimum Gasteiger partial charge on any atom is -0.135 e. The first kappa shape index (κ1) is 27.6. The van der Waals surface area contributed by atoms with Crippen molar-refractivity contribution in [2.24, 2.45) is 0 Å². The fourth-order valence-corrected chi connectivity index (χ4v) is 10.0. The Morgan fingerprint density at radius 1 is 0.396 bits per heavy atom. The van der Waals surface area contributed by atoms with Gasteiger partial charge in [-0.1, -0.05) is 166 Å². The summed E-state index contributed by atoms with van der Waals surface area (Å²) in [6.07, 6.45) is 0. The molecule has 0 N–H and O–H groups in total. The molecule has 1 aliphatic rings. The zero-order valence-corrected chi connectivity index (χ0v) is 27.7. The molecule has 9 aromatic rings. The van der Waals surface area contributed by atoms with Crippen LogP contribution in [-0.4, -0.2) is 0 Å². The van der Waals surface area contributed by atoms with Gasteiger partial charge in [0.25, 0.3) is 0 Å². The lowest BCUT2D eigenvalue weighted by atomic mass is 9.79. The third-order valence-electron chi connectivity index (χ3n) is 10.7. The van der Waals surface area contributed by atoms with E-state index in [1.807, 2.05) is 11.3 Å². The van der Waals surface area contributed by atoms with Crippen molar-refractivity contribution < 1.29 is 0 Å². The summed E-state index contributed by atoms with van der Waals surface area (Å²) in [6.45, 7) is 4.81. The SMILES string of the molecule is CC1(C)c2ccccc2-c2sc3cccc(-c4c5ccccc5c(-c5cccc6c(-c7ccccc7)cccc56)c5ccccc45)c3c21. The van der Waals surface area contributed by atoms with Gasteiger partial charge in [0.15, 0.2) is 0 Å². The molecule has 0 atom stereocenters. The molecular weight excluding hydrogens is 597 g/mol. The van der Waals surface area contributed by atoms with Gasteiger partial charge in [-0.25, -0.2) is 0 Å². The van der Waals surface area contributed by atoms with E-state index in [1.165, 1.54) is 97.4 Å². The van der Waals surface area contributed by atoms with Crippen molar-refractivity contribution in [1.82, 2.24) is 0 Å². The first-order valence-electron chi connectivity index (χ1n) is 16.8. The predicted octanol–water partition coefficient (Wildman–Crippen LogP) is 13.7. The van der Waals surface area contributed by atoms with Gasteiger partial charge in [0.2, 0.25) is 0 Å². The van der Waals surface area contributed by atoms with E-state index < -0.39 is 0 Å². The Balaban J connectivity index is 1.31. The molecule has 0 bridgehead atoms. The van der Waals surface area contributed by atoms with Crippen molar-refractivity contribution in [3.63, 3.8) is 0 Å². The molecule has 226 valence electrons. The van der Waals surface area contributed by atoms with Crippen LogP contribution < -0.4 is 0 Å². The summed E-state index contributed by atoms with van der Waals surface area (Å²) in [6, 6.07) is 58.5. The maximum Gasteiger partial charge on any atom is 0.0399 e. The van der Waals surface area contributed by atoms with Crippen LogP contribution in [0.25, 0.3) is 86.2 Å². The fraction of sp³-hybridized carbons (Fsp3) is 0.0638. The second kappa shape index (κ2) is 10.2. The number of thiophene rings is 1. The molecule has 0 spiro atoms. The van der Waals surface area contributed by atoms with Crippen LogP contribution in [-0.2, 0) is 5.41 Å². The average Bonchev–Trinajstić information content (AvgIpc) is 3.64. The van der Waals surface area contributed by atoms with Gasteiger partial charge in [-0.3, -0.25) is 0 Å². The van der Waals surface area contributed by atoms with Crippen LogP contribution in [0.15, 0.2) is 158 Å². The molecule has 0 unspecified atom stereocenters. The van der Waals surface area contributed by atoms with E-state index in [4.69, 9.17) is 0 Å². The van der Waals surface area contributed by atoms with Gasteiger partial charge in [0.05, 0.1) is 0 Å². The van der Waals surface area contributed by atoms with Crippen molar-refractivity contribution in [3.8, 4) is 43.8 Å². The molecule has 1 aliphatic carbocycles. The predicted molar refractivity (Wildman–Crippen MR) is 208 cm³/mol. The van der Waals surface area contributed by atoms with Crippen molar-refractivity contribution in [1.29, 1.82) is 0 Å². The van der Waals surface area contributed by atoms with Gasteiger partial charge in [0, 0.05) is 20.4 Å². The summed E-state index contributed by atoms with van der Waals surface area (Å²) < 4.78 is 1.36. The Morgan fingerprint density at radius 2 is 0.875 bits per heavy atom. The van der Waals surface area contributed by atoms with E-state index in [1.54, 1.807) is 0 Å². The number of hydrogen-bond donors (Lipinski definition) is 0. The third-order valence-corrected chi connectivity index (χ3v) is 11.9. The van der Waals surface area contributed by atoms with Crippen molar-refractivity contribution >= 4 is 53.7 Å².